The summed E-state index contributed by atoms with van der Waals surface area (Å²) in [5.41, 5.74) is 2.65. The van der Waals surface area contributed by atoms with Gasteiger partial charge in [-0.3, -0.25) is 9.59 Å². The fourth-order valence-corrected chi connectivity index (χ4v) is 2.97. The predicted octanol–water partition coefficient (Wildman–Crippen LogP) is 3.71. The first kappa shape index (κ1) is 18.8. The first-order valence-electron chi connectivity index (χ1n) is 9.11. The molecule has 6 nitrogen and oxygen atoms in total. The van der Waals surface area contributed by atoms with Crippen LogP contribution in [0.1, 0.15) is 41.9 Å². The first-order valence-corrected chi connectivity index (χ1v) is 9.11. The lowest BCUT2D eigenvalue weighted by Gasteiger charge is -2.13. The molecule has 1 N–H and O–H groups in total. The topological polar surface area (TPSA) is 76.9 Å². The second kappa shape index (κ2) is 7.70. The Kier molecular flexibility index (Phi) is 5.35. The molecule has 0 aliphatic carbocycles. The molecule has 2 heterocycles. The lowest BCUT2D eigenvalue weighted by molar-refractivity contribution is 0.102. The quantitative estimate of drug-likeness (QED) is 0.749. The van der Waals surface area contributed by atoms with Crippen LogP contribution in [0.15, 0.2) is 41.3 Å². The van der Waals surface area contributed by atoms with Crippen LogP contribution in [-0.2, 0) is 6.54 Å². The SMILES string of the molecule is Cc1cc2c(NC(=O)c3c(C)ccn(CCC(C)C)c3=O)cccc2nn1. The summed E-state index contributed by atoms with van der Waals surface area (Å²) in [4.78, 5) is 25.7. The summed E-state index contributed by atoms with van der Waals surface area (Å²) >= 11 is 0. The molecule has 3 rings (SSSR count). The average molecular weight is 364 g/mol. The number of fused-ring (bicyclic) bond motifs is 1. The highest BCUT2D eigenvalue weighted by Gasteiger charge is 2.17. The van der Waals surface area contributed by atoms with E-state index in [0.717, 1.165) is 17.5 Å². The second-order valence-corrected chi connectivity index (χ2v) is 7.23. The van der Waals surface area contributed by atoms with Gasteiger partial charge in [-0.15, -0.1) is 0 Å². The summed E-state index contributed by atoms with van der Waals surface area (Å²) in [5, 5.41) is 11.9. The normalized spacial score (nSPS) is 11.1. The fraction of sp³-hybridized carbons (Fsp3) is 0.333. The minimum atomic E-state index is -0.404. The summed E-state index contributed by atoms with van der Waals surface area (Å²) < 4.78 is 1.61. The van der Waals surface area contributed by atoms with Crippen LogP contribution in [-0.4, -0.2) is 20.7 Å². The molecule has 1 aromatic carbocycles. The number of hydrogen-bond acceptors (Lipinski definition) is 4. The van der Waals surface area contributed by atoms with Crippen molar-refractivity contribution in [3.8, 4) is 0 Å². The van der Waals surface area contributed by atoms with Crippen molar-refractivity contribution in [3.63, 3.8) is 0 Å². The number of aromatic nitrogens is 3. The zero-order chi connectivity index (χ0) is 19.6. The molecule has 0 aliphatic rings. The van der Waals surface area contributed by atoms with E-state index in [1.54, 1.807) is 29.8 Å². The van der Waals surface area contributed by atoms with E-state index in [9.17, 15) is 9.59 Å². The van der Waals surface area contributed by atoms with Crippen LogP contribution in [0.3, 0.4) is 0 Å². The minimum absolute atomic E-state index is 0.178. The predicted molar refractivity (Wildman–Crippen MR) is 107 cm³/mol. The van der Waals surface area contributed by atoms with Gasteiger partial charge in [-0.05, 0) is 56.0 Å². The van der Waals surface area contributed by atoms with E-state index in [4.69, 9.17) is 0 Å². The third-order valence-corrected chi connectivity index (χ3v) is 4.55. The van der Waals surface area contributed by atoms with Crippen LogP contribution >= 0.6 is 0 Å². The molecule has 3 aromatic rings. The molecule has 0 spiro atoms. The summed E-state index contributed by atoms with van der Waals surface area (Å²) in [5.74, 6) is 0.0777. The van der Waals surface area contributed by atoms with Gasteiger partial charge in [0.1, 0.15) is 5.56 Å². The zero-order valence-electron chi connectivity index (χ0n) is 16.1. The highest BCUT2D eigenvalue weighted by molar-refractivity contribution is 6.09. The Morgan fingerprint density at radius 2 is 1.96 bits per heavy atom. The fourth-order valence-electron chi connectivity index (χ4n) is 2.97. The molecule has 0 fully saturated rings. The lowest BCUT2D eigenvalue weighted by atomic mass is 10.1. The molecule has 0 unspecified atom stereocenters. The average Bonchev–Trinajstić information content (AvgIpc) is 2.61. The molecular weight excluding hydrogens is 340 g/mol. The maximum absolute atomic E-state index is 12.9. The first-order chi connectivity index (χ1) is 12.9. The van der Waals surface area contributed by atoms with Crippen molar-refractivity contribution in [1.29, 1.82) is 0 Å². The van der Waals surface area contributed by atoms with E-state index < -0.39 is 5.91 Å². The summed E-state index contributed by atoms with van der Waals surface area (Å²) in [6.45, 7) is 8.44. The van der Waals surface area contributed by atoms with Crippen molar-refractivity contribution in [3.05, 3.63) is 63.7 Å². The van der Waals surface area contributed by atoms with Gasteiger partial charge in [0, 0.05) is 18.1 Å². The van der Waals surface area contributed by atoms with Crippen LogP contribution in [0.2, 0.25) is 0 Å². The zero-order valence-corrected chi connectivity index (χ0v) is 16.1. The van der Waals surface area contributed by atoms with Gasteiger partial charge in [-0.1, -0.05) is 19.9 Å². The van der Waals surface area contributed by atoms with Crippen molar-refractivity contribution in [2.75, 3.05) is 5.32 Å². The second-order valence-electron chi connectivity index (χ2n) is 7.23. The number of benzene rings is 1. The molecule has 0 bridgehead atoms. The van der Waals surface area contributed by atoms with Crippen molar-refractivity contribution in [2.45, 2.75) is 40.7 Å². The molecule has 0 radical (unpaired) electrons. The summed E-state index contributed by atoms with van der Waals surface area (Å²) in [7, 11) is 0. The highest BCUT2D eigenvalue weighted by Crippen LogP contribution is 2.22. The molecule has 0 aliphatic heterocycles. The summed E-state index contributed by atoms with van der Waals surface area (Å²) in [6.07, 6.45) is 2.64. The number of nitrogens with zero attached hydrogens (tertiary/aromatic N) is 3. The Hall–Kier alpha value is -3.02. The Morgan fingerprint density at radius 3 is 2.70 bits per heavy atom. The molecule has 0 atom stereocenters. The number of hydrogen-bond donors (Lipinski definition) is 1. The minimum Gasteiger partial charge on any atom is -0.321 e. The number of pyridine rings is 1. The maximum Gasteiger partial charge on any atom is 0.263 e. The largest absolute Gasteiger partial charge is 0.321 e. The van der Waals surface area contributed by atoms with Gasteiger partial charge in [-0.25, -0.2) is 0 Å². The maximum atomic E-state index is 12.9. The number of carbonyl (C=O) groups excluding carboxylic acids is 1. The van der Waals surface area contributed by atoms with E-state index in [-0.39, 0.29) is 11.1 Å². The Balaban J connectivity index is 1.96. The lowest BCUT2D eigenvalue weighted by Crippen LogP contribution is -2.30. The molecule has 0 saturated carbocycles. The van der Waals surface area contributed by atoms with Crippen LogP contribution in [0.25, 0.3) is 10.9 Å². The van der Waals surface area contributed by atoms with E-state index in [1.807, 2.05) is 25.1 Å². The van der Waals surface area contributed by atoms with Gasteiger partial charge < -0.3 is 9.88 Å². The third kappa shape index (κ3) is 4.05. The monoisotopic (exact) mass is 364 g/mol. The van der Waals surface area contributed by atoms with Gasteiger partial charge in [0.25, 0.3) is 11.5 Å². The number of rotatable bonds is 5. The van der Waals surface area contributed by atoms with Crippen molar-refractivity contribution in [2.24, 2.45) is 5.92 Å². The van der Waals surface area contributed by atoms with E-state index in [2.05, 4.69) is 29.4 Å². The number of carbonyl (C=O) groups is 1. The van der Waals surface area contributed by atoms with Gasteiger partial charge in [0.05, 0.1) is 16.9 Å². The molecule has 140 valence electrons. The van der Waals surface area contributed by atoms with Gasteiger partial charge in [0.15, 0.2) is 0 Å². The van der Waals surface area contributed by atoms with Gasteiger partial charge in [0.2, 0.25) is 0 Å². The van der Waals surface area contributed by atoms with Gasteiger partial charge >= 0.3 is 0 Å². The van der Waals surface area contributed by atoms with E-state index in [1.165, 1.54) is 0 Å². The Bertz CT molecular complexity index is 1050. The van der Waals surface area contributed by atoms with Crippen molar-refractivity contribution < 1.29 is 4.79 Å². The van der Waals surface area contributed by atoms with Crippen molar-refractivity contribution >= 4 is 22.5 Å². The Labute approximate surface area is 158 Å². The van der Waals surface area contributed by atoms with Crippen LogP contribution in [0.5, 0.6) is 0 Å². The smallest absolute Gasteiger partial charge is 0.263 e. The van der Waals surface area contributed by atoms with Gasteiger partial charge in [-0.2, -0.15) is 10.2 Å². The Morgan fingerprint density at radius 1 is 1.19 bits per heavy atom. The molecule has 1 amide bonds. The molecule has 27 heavy (non-hydrogen) atoms. The number of aryl methyl sites for hydroxylation is 3. The van der Waals surface area contributed by atoms with E-state index in [0.29, 0.717) is 29.2 Å². The number of nitrogens with one attached hydrogen (secondary N) is 1. The standard InChI is InChI=1S/C21H24N4O2/c1-13(2)8-10-25-11-9-14(3)19(21(25)27)20(26)22-17-6-5-7-18-16(17)12-15(4)23-24-18/h5-7,9,11-13H,8,10H2,1-4H3,(H,22,26). The third-order valence-electron chi connectivity index (χ3n) is 4.55. The molecule has 6 heteroatoms. The molecule has 2 aromatic heterocycles. The van der Waals surface area contributed by atoms with Crippen LogP contribution in [0, 0.1) is 19.8 Å². The van der Waals surface area contributed by atoms with E-state index >= 15 is 0 Å². The number of anilines is 1. The van der Waals surface area contributed by atoms with Crippen LogP contribution in [0.4, 0.5) is 5.69 Å². The summed E-state index contributed by atoms with van der Waals surface area (Å²) in [6, 6.07) is 9.13. The highest BCUT2D eigenvalue weighted by atomic mass is 16.2. The van der Waals surface area contributed by atoms with Crippen LogP contribution < -0.4 is 10.9 Å². The molecule has 0 saturated heterocycles. The van der Waals surface area contributed by atoms with Crippen molar-refractivity contribution in [1.82, 2.24) is 14.8 Å². The number of amides is 1. The molecular formula is C21H24N4O2.